The van der Waals surface area contributed by atoms with E-state index in [1.54, 1.807) is 36.4 Å². The number of aryl methyl sites for hydroxylation is 1. The van der Waals surface area contributed by atoms with Crippen LogP contribution >= 0.6 is 0 Å². The summed E-state index contributed by atoms with van der Waals surface area (Å²) in [6.07, 6.45) is 0.0438. The van der Waals surface area contributed by atoms with Crippen molar-refractivity contribution in [3.63, 3.8) is 0 Å². The molecule has 0 fully saturated rings. The summed E-state index contributed by atoms with van der Waals surface area (Å²) in [4.78, 5) is 18.6. The second kappa shape index (κ2) is 8.61. The average Bonchev–Trinajstić information content (AvgIpc) is 3.21. The first-order chi connectivity index (χ1) is 16.0. The third-order valence-electron chi connectivity index (χ3n) is 5.32. The number of nitrogen functional groups attached to an aromatic ring is 1. The van der Waals surface area contributed by atoms with Crippen LogP contribution in [0.4, 0.5) is 0 Å². The van der Waals surface area contributed by atoms with Crippen molar-refractivity contribution in [1.82, 2.24) is 9.97 Å². The summed E-state index contributed by atoms with van der Waals surface area (Å²) >= 11 is 0. The number of carbonyl (C=O) groups is 1. The highest BCUT2D eigenvalue weighted by Gasteiger charge is 2.18. The number of aromatic amines is 1. The second-order valence-electron chi connectivity index (χ2n) is 7.74. The summed E-state index contributed by atoms with van der Waals surface area (Å²) < 4.78 is 23.6. The number of aliphatic carboxylic acids is 1. The van der Waals surface area contributed by atoms with Gasteiger partial charge in [0.15, 0.2) is 0 Å². The van der Waals surface area contributed by atoms with E-state index in [-0.39, 0.29) is 29.3 Å². The van der Waals surface area contributed by atoms with Gasteiger partial charge in [0, 0.05) is 17.5 Å². The van der Waals surface area contributed by atoms with E-state index in [1.165, 1.54) is 18.2 Å². The van der Waals surface area contributed by atoms with Gasteiger partial charge in [0.2, 0.25) is 10.0 Å². The minimum atomic E-state index is -3.97. The number of nitrogens with zero attached hydrogens (tertiary/aromatic N) is 1. The van der Waals surface area contributed by atoms with Gasteiger partial charge in [-0.2, -0.15) is 0 Å². The van der Waals surface area contributed by atoms with Gasteiger partial charge in [0.25, 0.3) is 0 Å². The summed E-state index contributed by atoms with van der Waals surface area (Å²) in [5.74, 6) is -0.938. The molecule has 0 bridgehead atoms. The first-order valence-corrected chi connectivity index (χ1v) is 11.6. The number of H-pyrrole nitrogens is 1. The number of phenolic OH excluding ortho intramolecular Hbond substituents is 1. The minimum absolute atomic E-state index is 0.103. The van der Waals surface area contributed by atoms with Crippen LogP contribution in [0.3, 0.4) is 0 Å². The summed E-state index contributed by atoms with van der Waals surface area (Å²) in [5, 5.41) is 33.1. The molecule has 0 saturated carbocycles. The van der Waals surface area contributed by atoms with Crippen molar-refractivity contribution in [2.24, 2.45) is 10.9 Å². The maximum Gasteiger partial charge on any atom is 0.303 e. The van der Waals surface area contributed by atoms with Crippen molar-refractivity contribution in [2.45, 2.75) is 17.7 Å². The Morgan fingerprint density at radius 3 is 2.50 bits per heavy atom. The normalized spacial score (nSPS) is 11.6. The molecule has 0 aliphatic rings. The molecule has 0 spiro atoms. The Labute approximate surface area is 194 Å². The summed E-state index contributed by atoms with van der Waals surface area (Å²) in [5.41, 5.74) is 8.83. The van der Waals surface area contributed by atoms with Crippen molar-refractivity contribution in [1.29, 1.82) is 5.41 Å². The van der Waals surface area contributed by atoms with Crippen LogP contribution in [0.1, 0.15) is 17.5 Å². The van der Waals surface area contributed by atoms with Crippen LogP contribution in [-0.4, -0.2) is 40.4 Å². The monoisotopic (exact) mass is 479 g/mol. The number of hydrogen-bond donors (Lipinski definition) is 6. The quantitative estimate of drug-likeness (QED) is 0.173. The van der Waals surface area contributed by atoms with Gasteiger partial charge in [-0.1, -0.05) is 12.1 Å². The highest BCUT2D eigenvalue weighted by atomic mass is 32.2. The Bertz CT molecular complexity index is 1560. The van der Waals surface area contributed by atoms with Crippen LogP contribution in [0, 0.1) is 5.41 Å². The van der Waals surface area contributed by atoms with Crippen LogP contribution < -0.4 is 10.9 Å². The Kier molecular flexibility index (Phi) is 5.82. The maximum atomic E-state index is 11.8. The number of rotatable bonds is 7. The van der Waals surface area contributed by atoms with Gasteiger partial charge in [-0.15, -0.1) is 0 Å². The number of aromatic hydroxyl groups is 1. The number of imidazole rings is 1. The Morgan fingerprint density at radius 2 is 1.82 bits per heavy atom. The number of primary sulfonamides is 1. The molecule has 0 unspecified atom stereocenters. The lowest BCUT2D eigenvalue weighted by Gasteiger charge is -2.13. The lowest BCUT2D eigenvalue weighted by molar-refractivity contribution is -0.136. The highest BCUT2D eigenvalue weighted by molar-refractivity contribution is 7.89. The van der Waals surface area contributed by atoms with Gasteiger partial charge < -0.3 is 20.9 Å². The number of benzene rings is 3. The van der Waals surface area contributed by atoms with E-state index in [0.29, 0.717) is 44.7 Å². The van der Waals surface area contributed by atoms with Gasteiger partial charge in [-0.25, -0.2) is 18.5 Å². The van der Waals surface area contributed by atoms with E-state index >= 15 is 0 Å². The highest BCUT2D eigenvalue weighted by Crippen LogP contribution is 2.39. The number of aromatic nitrogens is 2. The van der Waals surface area contributed by atoms with Crippen molar-refractivity contribution in [3.8, 4) is 28.3 Å². The number of nitrogens with one attached hydrogen (secondary N) is 2. The third-order valence-corrected chi connectivity index (χ3v) is 6.23. The first kappa shape index (κ1) is 23.0. The molecule has 34 heavy (non-hydrogen) atoms. The van der Waals surface area contributed by atoms with Crippen molar-refractivity contribution >= 4 is 32.9 Å². The zero-order valence-electron chi connectivity index (χ0n) is 17.7. The number of amidine groups is 1. The van der Waals surface area contributed by atoms with E-state index in [4.69, 9.17) is 21.4 Å². The fraction of sp³-hybridized carbons (Fsp3) is 0.0870. The summed E-state index contributed by atoms with van der Waals surface area (Å²) in [6, 6.07) is 14.1. The molecular weight excluding hydrogens is 458 g/mol. The molecule has 0 amide bonds. The molecule has 1 heterocycles. The number of fused-ring (bicyclic) bond motifs is 1. The number of hydrogen-bond acceptors (Lipinski definition) is 6. The Morgan fingerprint density at radius 1 is 1.09 bits per heavy atom. The lowest BCUT2D eigenvalue weighted by Crippen LogP contribution is -2.11. The molecule has 3 aromatic carbocycles. The van der Waals surface area contributed by atoms with Crippen LogP contribution in [0.2, 0.25) is 0 Å². The predicted octanol–water partition coefficient (Wildman–Crippen LogP) is 2.55. The van der Waals surface area contributed by atoms with Crippen molar-refractivity contribution in [2.75, 3.05) is 0 Å². The molecule has 1 aromatic heterocycles. The molecule has 0 radical (unpaired) electrons. The average molecular weight is 480 g/mol. The predicted molar refractivity (Wildman–Crippen MR) is 127 cm³/mol. The van der Waals surface area contributed by atoms with E-state index in [1.807, 2.05) is 0 Å². The Balaban J connectivity index is 1.91. The molecule has 0 saturated heterocycles. The molecule has 11 heteroatoms. The number of sulfonamides is 1. The SMILES string of the molecule is N=C(N)c1ccc2nc(-c3cc(CCC(=O)O)cc(-c4cccc(S(N)(=O)=O)c4)c3O)[nH]c2c1. The van der Waals surface area contributed by atoms with Crippen LogP contribution in [0.25, 0.3) is 33.5 Å². The van der Waals surface area contributed by atoms with Crippen molar-refractivity contribution in [3.05, 3.63) is 65.7 Å². The standard InChI is InChI=1S/C23H21N5O5S/c24-22(25)14-5-6-18-19(11-14)28-23(27-18)17-9-12(4-7-20(29)30)8-16(21(17)31)13-2-1-3-15(10-13)34(26,32)33/h1-3,5-6,8-11,31H,4,7H2,(H3,24,25)(H,27,28)(H,29,30)(H2,26,32,33). The molecule has 174 valence electrons. The van der Waals surface area contributed by atoms with E-state index in [9.17, 15) is 18.3 Å². The van der Waals surface area contributed by atoms with E-state index in [2.05, 4.69) is 9.97 Å². The molecule has 10 nitrogen and oxygen atoms in total. The number of carboxylic acids is 1. The minimum Gasteiger partial charge on any atom is -0.507 e. The zero-order chi connectivity index (χ0) is 24.6. The van der Waals surface area contributed by atoms with Crippen LogP contribution in [-0.2, 0) is 21.2 Å². The fourth-order valence-corrected chi connectivity index (χ4v) is 4.20. The fourth-order valence-electron chi connectivity index (χ4n) is 3.64. The van der Waals surface area contributed by atoms with E-state index < -0.39 is 16.0 Å². The zero-order valence-corrected chi connectivity index (χ0v) is 18.6. The molecule has 4 aromatic rings. The van der Waals surface area contributed by atoms with Gasteiger partial charge >= 0.3 is 5.97 Å². The molecule has 0 aliphatic carbocycles. The first-order valence-electron chi connectivity index (χ1n) is 10.1. The molecule has 0 atom stereocenters. The number of carboxylic acid groups (broad SMARTS) is 1. The van der Waals surface area contributed by atoms with Gasteiger partial charge in [-0.3, -0.25) is 10.2 Å². The summed E-state index contributed by atoms with van der Waals surface area (Å²) in [6.45, 7) is 0. The second-order valence-corrected chi connectivity index (χ2v) is 9.30. The largest absolute Gasteiger partial charge is 0.507 e. The maximum absolute atomic E-state index is 11.8. The number of nitrogens with two attached hydrogens (primary N) is 2. The smallest absolute Gasteiger partial charge is 0.303 e. The van der Waals surface area contributed by atoms with Crippen LogP contribution in [0.15, 0.2) is 59.5 Å². The molecule has 4 rings (SSSR count). The van der Waals surface area contributed by atoms with Gasteiger partial charge in [0.05, 0.1) is 21.5 Å². The summed E-state index contributed by atoms with van der Waals surface area (Å²) in [7, 11) is -3.97. The molecule has 8 N–H and O–H groups in total. The van der Waals surface area contributed by atoms with Crippen molar-refractivity contribution < 1.29 is 23.4 Å². The Hall–Kier alpha value is -4.22. The molecule has 0 aliphatic heterocycles. The van der Waals surface area contributed by atoms with Crippen LogP contribution in [0.5, 0.6) is 5.75 Å². The topological polar surface area (TPSA) is 196 Å². The lowest BCUT2D eigenvalue weighted by atomic mass is 9.96. The third kappa shape index (κ3) is 4.60. The van der Waals surface area contributed by atoms with Gasteiger partial charge in [0.1, 0.15) is 17.4 Å². The molecular formula is C23H21N5O5S. The number of phenols is 1. The van der Waals surface area contributed by atoms with E-state index in [0.717, 1.165) is 0 Å². The van der Waals surface area contributed by atoms with Gasteiger partial charge in [-0.05, 0) is 60.0 Å².